The summed E-state index contributed by atoms with van der Waals surface area (Å²) in [6.07, 6.45) is 1.29. The van der Waals surface area contributed by atoms with E-state index in [0.717, 1.165) is 22.5 Å². The van der Waals surface area contributed by atoms with Crippen molar-refractivity contribution in [1.29, 1.82) is 0 Å². The second kappa shape index (κ2) is 11.7. The maximum absolute atomic E-state index is 13.0. The predicted molar refractivity (Wildman–Crippen MR) is 147 cm³/mol. The van der Waals surface area contributed by atoms with Gasteiger partial charge in [-0.15, -0.1) is 0 Å². The summed E-state index contributed by atoms with van der Waals surface area (Å²) in [5, 5.41) is 13.4. The molecule has 1 heterocycles. The van der Waals surface area contributed by atoms with Crippen molar-refractivity contribution in [3.05, 3.63) is 93.6 Å². The molecular weight excluding hydrogens is 509 g/mol. The number of aliphatic carboxylic acids is 1. The Morgan fingerprint density at radius 3 is 2.19 bits per heavy atom. The number of aromatic nitrogens is 2. The molecule has 0 radical (unpaired) electrons. The van der Waals surface area contributed by atoms with Crippen LogP contribution in [0.2, 0.25) is 10.0 Å². The van der Waals surface area contributed by atoms with Gasteiger partial charge in [0.2, 0.25) is 0 Å². The Labute approximate surface area is 225 Å². The zero-order chi connectivity index (χ0) is 26.5. The van der Waals surface area contributed by atoms with Gasteiger partial charge in [-0.3, -0.25) is 9.59 Å². The summed E-state index contributed by atoms with van der Waals surface area (Å²) in [6.45, 7) is 3.83. The first-order chi connectivity index (χ1) is 17.7. The van der Waals surface area contributed by atoms with Crippen LogP contribution >= 0.6 is 23.2 Å². The monoisotopic (exact) mass is 535 g/mol. The van der Waals surface area contributed by atoms with E-state index < -0.39 is 5.97 Å². The van der Waals surface area contributed by atoms with Gasteiger partial charge in [0.15, 0.2) is 0 Å². The molecule has 2 unspecified atom stereocenters. The van der Waals surface area contributed by atoms with Crippen molar-refractivity contribution < 1.29 is 14.7 Å². The van der Waals surface area contributed by atoms with Gasteiger partial charge < -0.3 is 10.4 Å². The molecule has 0 aliphatic heterocycles. The summed E-state index contributed by atoms with van der Waals surface area (Å²) in [4.78, 5) is 33.9. The number of carbonyl (C=O) groups is 2. The molecule has 0 saturated heterocycles. The molecule has 0 saturated carbocycles. The molecule has 37 heavy (non-hydrogen) atoms. The maximum atomic E-state index is 13.0. The van der Waals surface area contributed by atoms with Crippen LogP contribution in [-0.2, 0) is 11.2 Å². The number of rotatable bonds is 9. The first-order valence-electron chi connectivity index (χ1n) is 12.0. The number of nitrogens with zero attached hydrogens (tertiary/aromatic N) is 2. The number of carbonyl (C=O) groups excluding carboxylic acids is 1. The predicted octanol–water partition coefficient (Wildman–Crippen LogP) is 7.14. The number of nitrogens with one attached hydrogen (secondary N) is 1. The number of carboxylic acids is 1. The Morgan fingerprint density at radius 1 is 0.892 bits per heavy atom. The van der Waals surface area contributed by atoms with Crippen LogP contribution in [0.25, 0.3) is 22.3 Å². The van der Waals surface area contributed by atoms with E-state index in [-0.39, 0.29) is 24.3 Å². The summed E-state index contributed by atoms with van der Waals surface area (Å²) in [5.41, 5.74) is 5.04. The molecular formula is C29H27Cl2N3O3. The third kappa shape index (κ3) is 6.85. The molecule has 0 aliphatic rings. The molecule has 1 aromatic heterocycles. The van der Waals surface area contributed by atoms with Crippen LogP contribution in [0.5, 0.6) is 0 Å². The Kier molecular flexibility index (Phi) is 8.41. The van der Waals surface area contributed by atoms with Crippen LogP contribution in [0.3, 0.4) is 0 Å². The van der Waals surface area contributed by atoms with Gasteiger partial charge in [-0.2, -0.15) is 0 Å². The van der Waals surface area contributed by atoms with E-state index in [1.807, 2.05) is 38.1 Å². The Balaban J connectivity index is 1.64. The van der Waals surface area contributed by atoms with E-state index in [9.17, 15) is 9.59 Å². The quantitative estimate of drug-likeness (QED) is 0.237. The van der Waals surface area contributed by atoms with Gasteiger partial charge in [-0.05, 0) is 73.7 Å². The van der Waals surface area contributed by atoms with Crippen LogP contribution in [0.1, 0.15) is 54.3 Å². The average Bonchev–Trinajstić information content (AvgIpc) is 2.87. The molecule has 6 nitrogen and oxygen atoms in total. The number of fused-ring (bicyclic) bond motifs is 1. The SMILES string of the molecule is CC(CCc1nc2cc(C(=O)NC(C)c3ccc(Cl)cc3)ccc2nc1-c1ccc(Cl)cc1)CC(=O)O. The third-order valence-electron chi connectivity index (χ3n) is 6.23. The first kappa shape index (κ1) is 26.6. The molecule has 1 amide bonds. The minimum Gasteiger partial charge on any atom is -0.481 e. The molecule has 2 atom stereocenters. The molecule has 4 rings (SSSR count). The number of aryl methyl sites for hydroxylation is 1. The van der Waals surface area contributed by atoms with E-state index >= 15 is 0 Å². The van der Waals surface area contributed by atoms with Gasteiger partial charge >= 0.3 is 5.97 Å². The van der Waals surface area contributed by atoms with Crippen LogP contribution in [0, 0.1) is 5.92 Å². The van der Waals surface area contributed by atoms with Gasteiger partial charge in [0, 0.05) is 27.6 Å². The summed E-state index contributed by atoms with van der Waals surface area (Å²) in [6, 6.07) is 19.8. The van der Waals surface area contributed by atoms with Crippen molar-refractivity contribution in [1.82, 2.24) is 15.3 Å². The second-order valence-corrected chi connectivity index (χ2v) is 10.1. The maximum Gasteiger partial charge on any atom is 0.303 e. The van der Waals surface area contributed by atoms with Gasteiger partial charge in [0.25, 0.3) is 5.91 Å². The summed E-state index contributed by atoms with van der Waals surface area (Å²) in [5.74, 6) is -1.05. The Bertz CT molecular complexity index is 1420. The van der Waals surface area contributed by atoms with E-state index in [2.05, 4.69) is 5.32 Å². The number of carboxylic acid groups (broad SMARTS) is 1. The van der Waals surface area contributed by atoms with Crippen LogP contribution in [-0.4, -0.2) is 27.0 Å². The molecule has 0 fully saturated rings. The zero-order valence-electron chi connectivity index (χ0n) is 20.5. The lowest BCUT2D eigenvalue weighted by Crippen LogP contribution is -2.26. The lowest BCUT2D eigenvalue weighted by molar-refractivity contribution is -0.138. The lowest BCUT2D eigenvalue weighted by Gasteiger charge is -2.15. The van der Waals surface area contributed by atoms with Crippen LogP contribution < -0.4 is 5.32 Å². The molecule has 0 bridgehead atoms. The molecule has 0 aliphatic carbocycles. The van der Waals surface area contributed by atoms with E-state index in [0.29, 0.717) is 39.5 Å². The minimum atomic E-state index is -0.821. The Hall–Kier alpha value is -3.48. The third-order valence-corrected chi connectivity index (χ3v) is 6.73. The number of hydrogen-bond acceptors (Lipinski definition) is 4. The molecule has 4 aromatic rings. The first-order valence-corrected chi connectivity index (χ1v) is 12.8. The fourth-order valence-electron chi connectivity index (χ4n) is 4.14. The smallest absolute Gasteiger partial charge is 0.303 e. The Morgan fingerprint density at radius 2 is 1.54 bits per heavy atom. The molecule has 3 aromatic carbocycles. The van der Waals surface area contributed by atoms with Crippen molar-refractivity contribution in [3.8, 4) is 11.3 Å². The summed E-state index contributed by atoms with van der Waals surface area (Å²) >= 11 is 12.1. The van der Waals surface area contributed by atoms with E-state index in [4.69, 9.17) is 38.3 Å². The standard InChI is InChI=1S/C29H27Cl2N3O3/c1-17(15-27(35)36)3-13-25-28(20-6-11-23(31)12-7-20)34-24-14-8-21(16-26(24)33-25)29(37)32-18(2)19-4-9-22(30)10-5-19/h4-12,14,16-18H,3,13,15H2,1-2H3,(H,32,37)(H,35,36). The van der Waals surface area contributed by atoms with Gasteiger partial charge in [0.1, 0.15) is 0 Å². The zero-order valence-corrected chi connectivity index (χ0v) is 22.1. The summed E-state index contributed by atoms with van der Waals surface area (Å²) in [7, 11) is 0. The molecule has 8 heteroatoms. The van der Waals surface area contributed by atoms with E-state index in [1.54, 1.807) is 42.5 Å². The topological polar surface area (TPSA) is 92.2 Å². The molecule has 0 spiro atoms. The van der Waals surface area contributed by atoms with Crippen molar-refractivity contribution in [2.75, 3.05) is 0 Å². The van der Waals surface area contributed by atoms with Crippen molar-refractivity contribution in [2.24, 2.45) is 5.92 Å². The van der Waals surface area contributed by atoms with Crippen molar-refractivity contribution in [2.45, 2.75) is 39.2 Å². The largest absolute Gasteiger partial charge is 0.481 e. The van der Waals surface area contributed by atoms with Crippen LogP contribution in [0.15, 0.2) is 66.7 Å². The van der Waals surface area contributed by atoms with Gasteiger partial charge in [-0.25, -0.2) is 9.97 Å². The lowest BCUT2D eigenvalue weighted by atomic mass is 9.98. The van der Waals surface area contributed by atoms with Crippen LogP contribution in [0.4, 0.5) is 0 Å². The van der Waals surface area contributed by atoms with Crippen molar-refractivity contribution in [3.63, 3.8) is 0 Å². The molecule has 190 valence electrons. The fraction of sp³-hybridized carbons (Fsp3) is 0.241. The van der Waals surface area contributed by atoms with Gasteiger partial charge in [-0.1, -0.05) is 54.4 Å². The number of hydrogen-bond donors (Lipinski definition) is 2. The van der Waals surface area contributed by atoms with Crippen molar-refractivity contribution >= 4 is 46.1 Å². The second-order valence-electron chi connectivity index (χ2n) is 9.22. The normalized spacial score (nSPS) is 12.8. The highest BCUT2D eigenvalue weighted by Gasteiger charge is 2.17. The number of benzene rings is 3. The molecule has 2 N–H and O–H groups in total. The van der Waals surface area contributed by atoms with E-state index in [1.165, 1.54) is 0 Å². The highest BCUT2D eigenvalue weighted by Crippen LogP contribution is 2.27. The fourth-order valence-corrected chi connectivity index (χ4v) is 4.40. The number of amides is 1. The highest BCUT2D eigenvalue weighted by atomic mass is 35.5. The summed E-state index contributed by atoms with van der Waals surface area (Å²) < 4.78 is 0. The minimum absolute atomic E-state index is 0.0143. The average molecular weight is 536 g/mol. The number of halogens is 2. The van der Waals surface area contributed by atoms with Gasteiger partial charge in [0.05, 0.1) is 28.5 Å². The highest BCUT2D eigenvalue weighted by molar-refractivity contribution is 6.30.